The maximum Gasteiger partial charge on any atom is 0.416 e. The Bertz CT molecular complexity index is 1080. The minimum Gasteiger partial charge on any atom is -0.481 e. The summed E-state index contributed by atoms with van der Waals surface area (Å²) in [6, 6.07) is 5.70. The van der Waals surface area contributed by atoms with Crippen LogP contribution in [0.3, 0.4) is 0 Å². The highest BCUT2D eigenvalue weighted by molar-refractivity contribution is 7.89. The second-order valence-corrected chi connectivity index (χ2v) is 9.72. The van der Waals surface area contributed by atoms with Gasteiger partial charge in [0.1, 0.15) is 0 Å². The summed E-state index contributed by atoms with van der Waals surface area (Å²) in [7, 11) is -2.89. The van der Waals surface area contributed by atoms with Gasteiger partial charge in [0.2, 0.25) is 10.0 Å². The van der Waals surface area contributed by atoms with E-state index in [4.69, 9.17) is 4.74 Å². The molecule has 7 nitrogen and oxygen atoms in total. The number of carbonyl (C=O) groups is 1. The number of hydrogen-bond acceptors (Lipinski definition) is 5. The van der Waals surface area contributed by atoms with Crippen molar-refractivity contribution in [2.45, 2.75) is 36.9 Å². The SMILES string of the molecule is CC[C@@H](Cc1ccc(-c2cc(C(F)(F)F)cc(S(=O)(=O)N(C)CC3CO3)c2)cn1)C(=O)O. The van der Waals surface area contributed by atoms with Gasteiger partial charge >= 0.3 is 12.1 Å². The standard InChI is InChI=1S/C21H23F3N2O5S/c1-3-13(20(27)28)7-17-5-4-14(10-25-17)15-6-16(21(22,23)24)9-19(8-15)32(29,30)26(2)11-18-12-31-18/h4-6,8-10,13,18H,3,7,11-12H2,1-2H3,(H,27,28)/t13-,18?/m0/s1. The summed E-state index contributed by atoms with van der Waals surface area (Å²) in [6.07, 6.45) is -3.09. The third kappa shape index (κ3) is 5.64. The Morgan fingerprint density at radius 1 is 1.28 bits per heavy atom. The lowest BCUT2D eigenvalue weighted by Gasteiger charge is -2.18. The highest BCUT2D eigenvalue weighted by atomic mass is 32.2. The molecular weight excluding hydrogens is 449 g/mol. The average molecular weight is 472 g/mol. The van der Waals surface area contributed by atoms with Crippen LogP contribution in [0, 0.1) is 5.92 Å². The van der Waals surface area contributed by atoms with Crippen LogP contribution in [0.2, 0.25) is 0 Å². The Kier molecular flexibility index (Phi) is 6.91. The number of epoxide rings is 1. The molecule has 2 heterocycles. The molecule has 2 atom stereocenters. The first-order valence-corrected chi connectivity index (χ1v) is 11.3. The summed E-state index contributed by atoms with van der Waals surface area (Å²) in [5, 5.41) is 9.18. The summed E-state index contributed by atoms with van der Waals surface area (Å²) in [5.74, 6) is -1.57. The normalized spacial score (nSPS) is 17.4. The molecular formula is C21H23F3N2O5S. The zero-order chi connectivity index (χ0) is 23.7. The summed E-state index contributed by atoms with van der Waals surface area (Å²) >= 11 is 0. The molecule has 1 N–H and O–H groups in total. The molecule has 1 aliphatic heterocycles. The van der Waals surface area contributed by atoms with E-state index in [1.165, 1.54) is 31.4 Å². The van der Waals surface area contributed by atoms with Crippen molar-refractivity contribution in [2.75, 3.05) is 20.2 Å². The van der Waals surface area contributed by atoms with Crippen molar-refractivity contribution in [3.63, 3.8) is 0 Å². The highest BCUT2D eigenvalue weighted by Crippen LogP contribution is 2.35. The first-order valence-electron chi connectivity index (χ1n) is 9.90. The molecule has 32 heavy (non-hydrogen) atoms. The fraction of sp³-hybridized carbons (Fsp3) is 0.429. The predicted octanol–water partition coefficient (Wildman–Crippen LogP) is 3.44. The van der Waals surface area contributed by atoms with Gasteiger partial charge in [-0.3, -0.25) is 9.78 Å². The van der Waals surface area contributed by atoms with Crippen molar-refractivity contribution in [1.29, 1.82) is 0 Å². The van der Waals surface area contributed by atoms with Crippen LogP contribution in [0.15, 0.2) is 41.4 Å². The quantitative estimate of drug-likeness (QED) is 0.562. The molecule has 1 aromatic carbocycles. The monoisotopic (exact) mass is 472 g/mol. The van der Waals surface area contributed by atoms with Crippen LogP contribution in [-0.4, -0.2) is 55.1 Å². The van der Waals surface area contributed by atoms with Gasteiger partial charge in [-0.25, -0.2) is 8.42 Å². The number of pyridine rings is 1. The van der Waals surface area contributed by atoms with Gasteiger partial charge in [-0.15, -0.1) is 0 Å². The van der Waals surface area contributed by atoms with Crippen molar-refractivity contribution < 1.29 is 36.2 Å². The van der Waals surface area contributed by atoms with Crippen LogP contribution < -0.4 is 0 Å². The van der Waals surface area contributed by atoms with Crippen molar-refractivity contribution in [1.82, 2.24) is 9.29 Å². The maximum absolute atomic E-state index is 13.5. The number of benzene rings is 1. The molecule has 1 fully saturated rings. The smallest absolute Gasteiger partial charge is 0.416 e. The van der Waals surface area contributed by atoms with E-state index in [2.05, 4.69) is 4.98 Å². The van der Waals surface area contributed by atoms with E-state index in [9.17, 15) is 31.5 Å². The van der Waals surface area contributed by atoms with E-state index >= 15 is 0 Å². The van der Waals surface area contributed by atoms with Gasteiger partial charge in [-0.1, -0.05) is 13.0 Å². The Hall–Kier alpha value is -2.50. The molecule has 0 spiro atoms. The molecule has 1 unspecified atom stereocenters. The largest absolute Gasteiger partial charge is 0.481 e. The molecule has 1 aliphatic rings. The van der Waals surface area contributed by atoms with Crippen LogP contribution >= 0.6 is 0 Å². The number of nitrogens with zero attached hydrogens (tertiary/aromatic N) is 2. The lowest BCUT2D eigenvalue weighted by Crippen LogP contribution is -2.30. The van der Waals surface area contributed by atoms with Gasteiger partial charge in [0.15, 0.2) is 0 Å². The van der Waals surface area contributed by atoms with Gasteiger partial charge in [0.05, 0.1) is 29.1 Å². The number of aliphatic carboxylic acids is 1. The Labute approximate surface area is 183 Å². The zero-order valence-corrected chi connectivity index (χ0v) is 18.3. The van der Waals surface area contributed by atoms with Gasteiger partial charge in [0.25, 0.3) is 0 Å². The molecule has 0 amide bonds. The number of rotatable bonds is 9. The molecule has 2 aromatic rings. The number of ether oxygens (including phenoxy) is 1. The predicted molar refractivity (Wildman–Crippen MR) is 109 cm³/mol. The average Bonchev–Trinajstić information content (AvgIpc) is 3.55. The van der Waals surface area contributed by atoms with E-state index in [0.29, 0.717) is 24.8 Å². The van der Waals surface area contributed by atoms with E-state index in [1.54, 1.807) is 6.92 Å². The minimum atomic E-state index is -4.75. The lowest BCUT2D eigenvalue weighted by atomic mass is 9.99. The van der Waals surface area contributed by atoms with Gasteiger partial charge in [-0.2, -0.15) is 17.5 Å². The van der Waals surface area contributed by atoms with Gasteiger partial charge < -0.3 is 9.84 Å². The van der Waals surface area contributed by atoms with Crippen molar-refractivity contribution >= 4 is 16.0 Å². The van der Waals surface area contributed by atoms with Crippen LogP contribution in [0.5, 0.6) is 0 Å². The number of carboxylic acids is 1. The molecule has 0 saturated carbocycles. The van der Waals surface area contributed by atoms with E-state index < -0.39 is 38.5 Å². The molecule has 174 valence electrons. The lowest BCUT2D eigenvalue weighted by molar-refractivity contribution is -0.142. The van der Waals surface area contributed by atoms with E-state index in [-0.39, 0.29) is 30.2 Å². The highest BCUT2D eigenvalue weighted by Gasteiger charge is 2.35. The second kappa shape index (κ2) is 9.16. The molecule has 0 bridgehead atoms. The summed E-state index contributed by atoms with van der Waals surface area (Å²) in [6.45, 7) is 2.20. The molecule has 0 aliphatic carbocycles. The van der Waals surface area contributed by atoms with Gasteiger partial charge in [-0.05, 0) is 36.2 Å². The van der Waals surface area contributed by atoms with Crippen molar-refractivity contribution in [3.05, 3.63) is 47.8 Å². The number of hydrogen-bond donors (Lipinski definition) is 1. The maximum atomic E-state index is 13.5. The number of halogens is 3. The molecule has 11 heteroatoms. The van der Waals surface area contributed by atoms with Crippen LogP contribution in [0.25, 0.3) is 11.1 Å². The van der Waals surface area contributed by atoms with Crippen LogP contribution in [0.1, 0.15) is 24.6 Å². The van der Waals surface area contributed by atoms with E-state index in [0.717, 1.165) is 10.4 Å². The number of alkyl halides is 3. The second-order valence-electron chi connectivity index (χ2n) is 7.67. The molecule has 1 aromatic heterocycles. The summed E-state index contributed by atoms with van der Waals surface area (Å²) < 4.78 is 72.2. The number of sulfonamides is 1. The Morgan fingerprint density at radius 2 is 1.97 bits per heavy atom. The van der Waals surface area contributed by atoms with Crippen LogP contribution in [0.4, 0.5) is 13.2 Å². The Morgan fingerprint density at radius 3 is 2.47 bits per heavy atom. The topological polar surface area (TPSA) is 100 Å². The Balaban J connectivity index is 1.97. The number of aromatic nitrogens is 1. The minimum absolute atomic E-state index is 0.0406. The fourth-order valence-electron chi connectivity index (χ4n) is 3.19. The van der Waals surface area contributed by atoms with Crippen molar-refractivity contribution in [2.24, 2.45) is 5.92 Å². The first-order chi connectivity index (χ1) is 14.9. The molecule has 3 rings (SSSR count). The third-order valence-corrected chi connectivity index (χ3v) is 7.06. The van der Waals surface area contributed by atoms with E-state index in [1.807, 2.05) is 0 Å². The number of carboxylic acid groups (broad SMARTS) is 1. The zero-order valence-electron chi connectivity index (χ0n) is 17.5. The molecule has 1 saturated heterocycles. The first kappa shape index (κ1) is 24.1. The summed E-state index contributed by atoms with van der Waals surface area (Å²) in [4.78, 5) is 14.9. The van der Waals surface area contributed by atoms with Gasteiger partial charge in [0, 0.05) is 37.5 Å². The van der Waals surface area contributed by atoms with Crippen molar-refractivity contribution in [3.8, 4) is 11.1 Å². The third-order valence-electron chi connectivity index (χ3n) is 5.26. The molecule has 0 radical (unpaired) electrons. The fourth-order valence-corrected chi connectivity index (χ4v) is 4.47. The number of likely N-dealkylation sites (N-methyl/N-ethyl adjacent to an activating group) is 1. The summed E-state index contributed by atoms with van der Waals surface area (Å²) in [5.41, 5.74) is -0.288. The van der Waals surface area contributed by atoms with Crippen LogP contribution in [-0.2, 0) is 32.2 Å².